The Bertz CT molecular complexity index is 945. The number of anilines is 1. The van der Waals surface area contributed by atoms with Crippen LogP contribution in [-0.4, -0.2) is 40.1 Å². The molecule has 1 fully saturated rings. The van der Waals surface area contributed by atoms with Crippen molar-refractivity contribution in [3.8, 4) is 5.75 Å². The zero-order valence-electron chi connectivity index (χ0n) is 14.8. The summed E-state index contributed by atoms with van der Waals surface area (Å²) in [5, 5.41) is 25.1. The summed E-state index contributed by atoms with van der Waals surface area (Å²) in [4.78, 5) is 25.3. The summed E-state index contributed by atoms with van der Waals surface area (Å²) in [6.45, 7) is 0.930. The van der Waals surface area contributed by atoms with Gasteiger partial charge >= 0.3 is 5.69 Å². The van der Waals surface area contributed by atoms with E-state index in [9.17, 15) is 20.0 Å². The highest BCUT2D eigenvalue weighted by Crippen LogP contribution is 2.42. The summed E-state index contributed by atoms with van der Waals surface area (Å²) in [6.07, 6.45) is 0.786. The van der Waals surface area contributed by atoms with Crippen molar-refractivity contribution < 1.29 is 19.6 Å². The first-order valence-electron chi connectivity index (χ1n) is 8.90. The van der Waals surface area contributed by atoms with Crippen molar-refractivity contribution in [2.75, 3.05) is 18.5 Å². The molecule has 8 nitrogen and oxygen atoms in total. The van der Waals surface area contributed by atoms with E-state index in [-0.39, 0.29) is 22.6 Å². The van der Waals surface area contributed by atoms with Gasteiger partial charge in [0.15, 0.2) is 0 Å². The highest BCUT2D eigenvalue weighted by Gasteiger charge is 2.37. The number of phenols is 1. The molecule has 2 aromatic carbocycles. The minimum absolute atomic E-state index is 0.102. The average Bonchev–Trinajstić information content (AvgIpc) is 3.18. The summed E-state index contributed by atoms with van der Waals surface area (Å²) in [7, 11) is 0. The molecular weight excluding hydrogens is 386 g/mol. The number of halogens is 1. The van der Waals surface area contributed by atoms with Gasteiger partial charge in [0.05, 0.1) is 16.6 Å². The Morgan fingerprint density at radius 3 is 2.86 bits per heavy atom. The number of nitrogens with one attached hydrogen (secondary N) is 1. The third-order valence-electron chi connectivity index (χ3n) is 5.02. The number of nitro benzene ring substituents is 1. The molecule has 2 unspecified atom stereocenters. The van der Waals surface area contributed by atoms with Crippen LogP contribution in [0.4, 0.5) is 11.4 Å². The van der Waals surface area contributed by atoms with Crippen LogP contribution in [0.2, 0.25) is 5.02 Å². The molecule has 2 atom stereocenters. The molecule has 2 aromatic rings. The van der Waals surface area contributed by atoms with Gasteiger partial charge in [-0.3, -0.25) is 14.9 Å². The summed E-state index contributed by atoms with van der Waals surface area (Å²) >= 11 is 6.07. The van der Waals surface area contributed by atoms with Gasteiger partial charge in [-0.1, -0.05) is 23.7 Å². The standard InChI is InChI=1S/C19H18ClN3O5/c20-11-8-14(17(24)16(9-11)23(26)27)18-21-15-6-2-1-5-13(15)19(25)22(18)10-12-4-3-7-28-12/h1-2,5-6,8-9,12,18,21,24H,3-4,7,10H2. The SMILES string of the molecule is O=C1c2ccccc2NC(c2cc(Cl)cc([N+](=O)[O-])c2O)N1CC1CCCO1. The fourth-order valence-corrected chi connectivity index (χ4v) is 3.91. The topological polar surface area (TPSA) is 105 Å². The van der Waals surface area contributed by atoms with E-state index in [4.69, 9.17) is 16.3 Å². The first-order valence-corrected chi connectivity index (χ1v) is 9.28. The van der Waals surface area contributed by atoms with E-state index >= 15 is 0 Å². The van der Waals surface area contributed by atoms with Gasteiger partial charge in [0.2, 0.25) is 5.75 Å². The molecule has 0 aromatic heterocycles. The van der Waals surface area contributed by atoms with Crippen molar-refractivity contribution in [1.29, 1.82) is 0 Å². The van der Waals surface area contributed by atoms with E-state index in [1.807, 2.05) is 0 Å². The van der Waals surface area contributed by atoms with Gasteiger partial charge < -0.3 is 20.1 Å². The van der Waals surface area contributed by atoms with Gasteiger partial charge in [0.1, 0.15) is 6.17 Å². The Kier molecular flexibility index (Phi) is 4.82. The summed E-state index contributed by atoms with van der Waals surface area (Å²) < 4.78 is 5.67. The number of nitrogens with zero attached hydrogens (tertiary/aromatic N) is 2. The van der Waals surface area contributed by atoms with Gasteiger partial charge in [-0.05, 0) is 31.0 Å². The van der Waals surface area contributed by atoms with Crippen molar-refractivity contribution in [3.05, 3.63) is 62.7 Å². The quantitative estimate of drug-likeness (QED) is 0.595. The van der Waals surface area contributed by atoms with E-state index in [2.05, 4.69) is 5.32 Å². The lowest BCUT2D eigenvalue weighted by Crippen LogP contribution is -2.46. The zero-order chi connectivity index (χ0) is 19.8. The number of nitro groups is 1. The molecule has 2 heterocycles. The van der Waals surface area contributed by atoms with E-state index < -0.39 is 22.5 Å². The highest BCUT2D eigenvalue weighted by atomic mass is 35.5. The van der Waals surface area contributed by atoms with Crippen LogP contribution in [0.3, 0.4) is 0 Å². The molecule has 2 aliphatic heterocycles. The average molecular weight is 404 g/mol. The molecular formula is C19H18ClN3O5. The zero-order valence-corrected chi connectivity index (χ0v) is 15.6. The molecule has 28 heavy (non-hydrogen) atoms. The van der Waals surface area contributed by atoms with Gasteiger partial charge in [-0.2, -0.15) is 0 Å². The van der Waals surface area contributed by atoms with E-state index in [1.165, 1.54) is 11.0 Å². The number of rotatable bonds is 4. The summed E-state index contributed by atoms with van der Waals surface area (Å²) in [5.41, 5.74) is 0.739. The fraction of sp³-hybridized carbons (Fsp3) is 0.316. The lowest BCUT2D eigenvalue weighted by molar-refractivity contribution is -0.386. The predicted octanol–water partition coefficient (Wildman–Crippen LogP) is 3.70. The number of para-hydroxylation sites is 1. The van der Waals surface area contributed by atoms with Crippen LogP contribution in [-0.2, 0) is 4.74 Å². The van der Waals surface area contributed by atoms with Crippen molar-refractivity contribution in [3.63, 3.8) is 0 Å². The van der Waals surface area contributed by atoms with Crippen LogP contribution >= 0.6 is 11.6 Å². The minimum Gasteiger partial charge on any atom is -0.502 e. The largest absolute Gasteiger partial charge is 0.502 e. The molecule has 1 saturated heterocycles. The van der Waals surface area contributed by atoms with Gasteiger partial charge in [-0.25, -0.2) is 0 Å². The first kappa shape index (κ1) is 18.5. The van der Waals surface area contributed by atoms with Gasteiger partial charge in [0, 0.05) is 35.5 Å². The molecule has 0 aliphatic carbocycles. The monoisotopic (exact) mass is 403 g/mol. The number of amides is 1. The molecule has 1 amide bonds. The van der Waals surface area contributed by atoms with Crippen molar-refractivity contribution in [1.82, 2.24) is 4.90 Å². The highest BCUT2D eigenvalue weighted by molar-refractivity contribution is 6.31. The van der Waals surface area contributed by atoms with Crippen molar-refractivity contribution in [2.24, 2.45) is 0 Å². The minimum atomic E-state index is -0.816. The van der Waals surface area contributed by atoms with Crippen LogP contribution in [0.15, 0.2) is 36.4 Å². The number of benzene rings is 2. The molecule has 146 valence electrons. The van der Waals surface area contributed by atoms with Crippen molar-refractivity contribution in [2.45, 2.75) is 25.1 Å². The number of carbonyl (C=O) groups is 1. The van der Waals surface area contributed by atoms with Crippen molar-refractivity contribution >= 4 is 28.9 Å². The lowest BCUT2D eigenvalue weighted by Gasteiger charge is -2.39. The Morgan fingerprint density at radius 2 is 2.14 bits per heavy atom. The normalized spacial score (nSPS) is 21.3. The maximum atomic E-state index is 13.2. The third-order valence-corrected chi connectivity index (χ3v) is 5.24. The Balaban J connectivity index is 1.81. The Morgan fingerprint density at radius 1 is 1.36 bits per heavy atom. The maximum absolute atomic E-state index is 13.2. The number of aromatic hydroxyl groups is 1. The van der Waals surface area contributed by atoms with Gasteiger partial charge in [0.25, 0.3) is 5.91 Å². The van der Waals surface area contributed by atoms with E-state index in [0.717, 1.165) is 18.9 Å². The van der Waals surface area contributed by atoms with Gasteiger partial charge in [-0.15, -0.1) is 0 Å². The summed E-state index contributed by atoms with van der Waals surface area (Å²) in [6, 6.07) is 9.54. The summed E-state index contributed by atoms with van der Waals surface area (Å²) in [5.74, 6) is -0.756. The fourth-order valence-electron chi connectivity index (χ4n) is 3.69. The molecule has 2 N–H and O–H groups in total. The number of phenolic OH excluding ortho intramolecular Hbond substituents is 1. The molecule has 0 radical (unpaired) electrons. The van der Waals surface area contributed by atoms with E-state index in [0.29, 0.717) is 24.4 Å². The van der Waals surface area contributed by atoms with Crippen LogP contribution in [0.5, 0.6) is 5.75 Å². The Hall–Kier alpha value is -2.84. The predicted molar refractivity (Wildman–Crippen MR) is 103 cm³/mol. The molecule has 4 rings (SSSR count). The number of hydrogen-bond acceptors (Lipinski definition) is 6. The van der Waals surface area contributed by atoms with Crippen LogP contribution < -0.4 is 5.32 Å². The molecule has 0 saturated carbocycles. The van der Waals surface area contributed by atoms with Crippen LogP contribution in [0, 0.1) is 10.1 Å². The molecule has 9 heteroatoms. The number of hydrogen-bond donors (Lipinski definition) is 2. The second-order valence-electron chi connectivity index (χ2n) is 6.80. The molecule has 2 aliphatic rings. The lowest BCUT2D eigenvalue weighted by atomic mass is 10.0. The molecule has 0 bridgehead atoms. The molecule has 0 spiro atoms. The van der Waals surface area contributed by atoms with Crippen LogP contribution in [0.1, 0.15) is 34.9 Å². The second-order valence-corrected chi connectivity index (χ2v) is 7.24. The number of ether oxygens (including phenoxy) is 1. The smallest absolute Gasteiger partial charge is 0.312 e. The number of carbonyl (C=O) groups excluding carboxylic acids is 1. The second kappa shape index (κ2) is 7.29. The Labute approximate surface area is 165 Å². The maximum Gasteiger partial charge on any atom is 0.312 e. The first-order chi connectivity index (χ1) is 13.5. The third kappa shape index (κ3) is 3.25. The number of fused-ring (bicyclic) bond motifs is 1. The van der Waals surface area contributed by atoms with E-state index in [1.54, 1.807) is 24.3 Å². The van der Waals surface area contributed by atoms with Crippen LogP contribution in [0.25, 0.3) is 0 Å².